The number of carboxylic acid groups (broad SMARTS) is 1. The molecule has 4 rings (SSSR count). The molecule has 1 amide bonds. The van der Waals surface area contributed by atoms with Gasteiger partial charge in [-0.2, -0.15) is 26.3 Å². The molecule has 2 aromatic carbocycles. The molecule has 5 atom stereocenters. The van der Waals surface area contributed by atoms with Crippen molar-refractivity contribution in [2.24, 2.45) is 11.7 Å². The highest BCUT2D eigenvalue weighted by Gasteiger charge is 2.54. The van der Waals surface area contributed by atoms with Gasteiger partial charge in [0.25, 0.3) is 0 Å². The van der Waals surface area contributed by atoms with Crippen molar-refractivity contribution in [2.75, 3.05) is 13.1 Å². The molecule has 1 spiro atoms. The van der Waals surface area contributed by atoms with Gasteiger partial charge < -0.3 is 21.1 Å². The van der Waals surface area contributed by atoms with E-state index in [2.05, 4.69) is 5.32 Å². The lowest BCUT2D eigenvalue weighted by molar-refractivity contribution is -0.148. The summed E-state index contributed by atoms with van der Waals surface area (Å²) in [4.78, 5) is 27.6. The Balaban J connectivity index is 1.76. The van der Waals surface area contributed by atoms with Crippen molar-refractivity contribution in [1.29, 1.82) is 0 Å². The second-order valence-electron chi connectivity index (χ2n) is 11.6. The number of aryl methyl sites for hydroxylation is 1. The summed E-state index contributed by atoms with van der Waals surface area (Å²) in [7, 11) is 0. The molecule has 2 fully saturated rings. The van der Waals surface area contributed by atoms with Crippen LogP contribution in [0.15, 0.2) is 36.4 Å². The largest absolute Gasteiger partial charge is 0.481 e. The van der Waals surface area contributed by atoms with Crippen LogP contribution in [0.4, 0.5) is 30.7 Å². The zero-order valence-electron chi connectivity index (χ0n) is 23.2. The molecule has 2 aliphatic heterocycles. The number of carboxylic acids is 1. The molecule has 0 aromatic heterocycles. The van der Waals surface area contributed by atoms with Crippen LogP contribution >= 0.6 is 0 Å². The van der Waals surface area contributed by atoms with E-state index in [9.17, 15) is 45.4 Å². The van der Waals surface area contributed by atoms with Crippen LogP contribution < -0.4 is 11.1 Å². The van der Waals surface area contributed by atoms with E-state index >= 15 is 0 Å². The second-order valence-corrected chi connectivity index (χ2v) is 11.6. The predicted molar refractivity (Wildman–Crippen MR) is 139 cm³/mol. The number of nitrogens with two attached hydrogens (primary N) is 1. The number of amides is 1. The van der Waals surface area contributed by atoms with Gasteiger partial charge in [-0.3, -0.25) is 9.59 Å². The number of rotatable bonds is 5. The molecule has 4 N–H and O–H groups in total. The van der Waals surface area contributed by atoms with Crippen LogP contribution in [0.2, 0.25) is 0 Å². The van der Waals surface area contributed by atoms with E-state index in [0.717, 1.165) is 0 Å². The zero-order valence-corrected chi connectivity index (χ0v) is 23.2. The molecule has 0 saturated carbocycles. The summed E-state index contributed by atoms with van der Waals surface area (Å²) >= 11 is 0. The first-order valence-corrected chi connectivity index (χ1v) is 13.4. The van der Waals surface area contributed by atoms with Crippen molar-refractivity contribution in [3.05, 3.63) is 70.0 Å². The van der Waals surface area contributed by atoms with Crippen LogP contribution in [0, 0.1) is 18.7 Å². The van der Waals surface area contributed by atoms with E-state index in [0.29, 0.717) is 36.2 Å². The number of hydrogen-bond donors (Lipinski definition) is 3. The van der Waals surface area contributed by atoms with Gasteiger partial charge in [0.1, 0.15) is 5.82 Å². The molecule has 2 aliphatic rings. The number of piperidine rings is 1. The highest BCUT2D eigenvalue weighted by molar-refractivity contribution is 5.87. The van der Waals surface area contributed by atoms with E-state index in [1.54, 1.807) is 6.92 Å². The molecule has 0 aliphatic carbocycles. The third-order valence-corrected chi connectivity index (χ3v) is 8.93. The van der Waals surface area contributed by atoms with Crippen LogP contribution in [-0.4, -0.2) is 46.1 Å². The molecular formula is C29H32F7N3O3. The number of likely N-dealkylation sites (tertiary alicyclic amines) is 1. The smallest absolute Gasteiger partial charge is 0.416 e. The number of carbonyl (C=O) groups excluding carboxylic acids is 1. The fourth-order valence-corrected chi connectivity index (χ4v) is 6.34. The highest BCUT2D eigenvalue weighted by atomic mass is 19.4. The molecular weight excluding hydrogens is 571 g/mol. The molecule has 1 unspecified atom stereocenters. The molecule has 13 heteroatoms. The molecule has 2 saturated heterocycles. The Bertz CT molecular complexity index is 1340. The topological polar surface area (TPSA) is 95.7 Å². The van der Waals surface area contributed by atoms with Crippen molar-refractivity contribution in [3.8, 4) is 0 Å². The molecule has 230 valence electrons. The normalized spacial score (nSPS) is 25.4. The fraction of sp³-hybridized carbons (Fsp3) is 0.517. The minimum Gasteiger partial charge on any atom is -0.481 e. The minimum atomic E-state index is -5.08. The van der Waals surface area contributed by atoms with Gasteiger partial charge in [-0.25, -0.2) is 4.39 Å². The van der Waals surface area contributed by atoms with Crippen molar-refractivity contribution in [1.82, 2.24) is 10.2 Å². The minimum absolute atomic E-state index is 0.00694. The monoisotopic (exact) mass is 603 g/mol. The molecule has 6 nitrogen and oxygen atoms in total. The van der Waals surface area contributed by atoms with Gasteiger partial charge in [-0.05, 0) is 86.7 Å². The quantitative estimate of drug-likeness (QED) is 0.376. The van der Waals surface area contributed by atoms with Gasteiger partial charge in [-0.1, -0.05) is 13.0 Å². The molecule has 42 heavy (non-hydrogen) atoms. The number of carbonyl (C=O) groups is 2. The van der Waals surface area contributed by atoms with Crippen LogP contribution in [0.3, 0.4) is 0 Å². The summed E-state index contributed by atoms with van der Waals surface area (Å²) in [6.07, 6.45) is -9.44. The Morgan fingerprint density at radius 2 is 1.67 bits per heavy atom. The Hall–Kier alpha value is -3.19. The number of nitrogens with zero attached hydrogens (tertiary/aromatic N) is 1. The standard InChI is InChI=1S/C29H32F7N3O3/c1-15-10-20(30)4-5-21(15)23-14-27(22(24(40)41)6-8-38-27)7-9-39(23)25(42)26(3,37)16(2)17-11-18(28(31,32)33)13-19(12-17)29(34,35)36/h4-5,10-13,16,22-23,38H,6-9,14,37H2,1-3H3,(H,40,41)/t16-,22-,23-,26?,27-/m1/s1. The summed E-state index contributed by atoms with van der Waals surface area (Å²) in [6, 6.07) is 4.30. The number of nitrogens with one attached hydrogen (secondary N) is 1. The summed E-state index contributed by atoms with van der Waals surface area (Å²) in [5.41, 5.74) is 1.19. The summed E-state index contributed by atoms with van der Waals surface area (Å²) in [5.74, 6) is -4.32. The summed E-state index contributed by atoms with van der Waals surface area (Å²) < 4.78 is 95.2. The molecule has 2 aromatic rings. The number of halogens is 7. The Labute approximate surface area is 238 Å². The number of benzene rings is 2. The van der Waals surface area contributed by atoms with Crippen LogP contribution in [0.5, 0.6) is 0 Å². The Morgan fingerprint density at radius 3 is 2.19 bits per heavy atom. The van der Waals surface area contributed by atoms with Gasteiger partial charge >= 0.3 is 18.3 Å². The maximum atomic E-state index is 14.1. The molecule has 0 bridgehead atoms. The van der Waals surface area contributed by atoms with E-state index in [1.165, 1.54) is 36.9 Å². The lowest BCUT2D eigenvalue weighted by Gasteiger charge is -2.49. The van der Waals surface area contributed by atoms with Gasteiger partial charge in [0, 0.05) is 18.0 Å². The number of aliphatic carboxylic acids is 1. The van der Waals surface area contributed by atoms with E-state index in [1.807, 2.05) is 0 Å². The maximum absolute atomic E-state index is 14.1. The average Bonchev–Trinajstić information content (AvgIpc) is 3.29. The van der Waals surface area contributed by atoms with Crippen molar-refractivity contribution in [2.45, 2.75) is 75.4 Å². The first-order chi connectivity index (χ1) is 19.3. The SMILES string of the molecule is Cc1cc(F)ccc1[C@H]1C[C@@]2(CCN1C(=O)C(C)(N)[C@H](C)c1cc(C(F)(F)F)cc(C(F)(F)F)c1)NCC[C@@H]2C(=O)O. The van der Waals surface area contributed by atoms with Gasteiger partial charge in [0.05, 0.1) is 28.6 Å². The van der Waals surface area contributed by atoms with Gasteiger partial charge in [-0.15, -0.1) is 0 Å². The Morgan fingerprint density at radius 1 is 1.07 bits per heavy atom. The van der Waals surface area contributed by atoms with Crippen LogP contribution in [-0.2, 0) is 21.9 Å². The number of alkyl halides is 6. The van der Waals surface area contributed by atoms with Crippen molar-refractivity contribution in [3.63, 3.8) is 0 Å². The van der Waals surface area contributed by atoms with E-state index < -0.39 is 75.7 Å². The van der Waals surface area contributed by atoms with Crippen LogP contribution in [0.1, 0.15) is 72.9 Å². The van der Waals surface area contributed by atoms with Crippen molar-refractivity contribution < 1.29 is 45.4 Å². The van der Waals surface area contributed by atoms with Crippen molar-refractivity contribution >= 4 is 11.9 Å². The molecule has 0 radical (unpaired) electrons. The highest BCUT2D eigenvalue weighted by Crippen LogP contribution is 2.46. The van der Waals surface area contributed by atoms with Gasteiger partial charge in [0.2, 0.25) is 5.91 Å². The second kappa shape index (κ2) is 10.8. The Kier molecular flexibility index (Phi) is 8.18. The third-order valence-electron chi connectivity index (χ3n) is 8.93. The lowest BCUT2D eigenvalue weighted by atomic mass is 9.72. The maximum Gasteiger partial charge on any atom is 0.416 e. The predicted octanol–water partition coefficient (Wildman–Crippen LogP) is 5.79. The van der Waals surface area contributed by atoms with E-state index in [4.69, 9.17) is 5.73 Å². The summed E-state index contributed by atoms with van der Waals surface area (Å²) in [6.45, 7) is 4.61. The van der Waals surface area contributed by atoms with Crippen LogP contribution in [0.25, 0.3) is 0 Å². The van der Waals surface area contributed by atoms with Gasteiger partial charge in [0.15, 0.2) is 0 Å². The third kappa shape index (κ3) is 5.85. The van der Waals surface area contributed by atoms with E-state index in [-0.39, 0.29) is 25.5 Å². The summed E-state index contributed by atoms with van der Waals surface area (Å²) in [5, 5.41) is 13.2. The zero-order chi connectivity index (χ0) is 31.4. The average molecular weight is 604 g/mol. The molecule has 2 heterocycles. The number of hydrogen-bond acceptors (Lipinski definition) is 4. The first kappa shape index (κ1) is 31.7. The lowest BCUT2D eigenvalue weighted by Crippen LogP contribution is -2.62. The first-order valence-electron chi connectivity index (χ1n) is 13.4. The fourth-order valence-electron chi connectivity index (χ4n) is 6.34.